The summed E-state index contributed by atoms with van der Waals surface area (Å²) in [6, 6.07) is 15.6. The van der Waals surface area contributed by atoms with E-state index in [4.69, 9.17) is 10.5 Å². The Morgan fingerprint density at radius 2 is 1.95 bits per heavy atom. The van der Waals surface area contributed by atoms with Crippen LogP contribution in [0.25, 0.3) is 0 Å². The van der Waals surface area contributed by atoms with Gasteiger partial charge in [-0.1, -0.05) is 30.3 Å². The van der Waals surface area contributed by atoms with Crippen LogP contribution in [0.15, 0.2) is 48.5 Å². The molecular weight excluding hydrogens is 264 g/mol. The number of hydrogen-bond acceptors (Lipinski definition) is 4. The SMILES string of the molecule is Cc1cc(N)ccc1NCC(O)COCc1ccccc1. The minimum atomic E-state index is -0.550. The molecule has 0 aliphatic carbocycles. The molecule has 0 saturated carbocycles. The molecule has 1 unspecified atom stereocenters. The van der Waals surface area contributed by atoms with Crippen LogP contribution in [0.4, 0.5) is 11.4 Å². The molecule has 0 aromatic heterocycles. The molecule has 2 aromatic carbocycles. The van der Waals surface area contributed by atoms with Gasteiger partial charge >= 0.3 is 0 Å². The lowest BCUT2D eigenvalue weighted by Gasteiger charge is -2.15. The molecule has 4 nitrogen and oxygen atoms in total. The summed E-state index contributed by atoms with van der Waals surface area (Å²) in [6.07, 6.45) is -0.550. The van der Waals surface area contributed by atoms with Gasteiger partial charge in [-0.15, -0.1) is 0 Å². The van der Waals surface area contributed by atoms with Crippen molar-refractivity contribution in [2.75, 3.05) is 24.2 Å². The summed E-state index contributed by atoms with van der Waals surface area (Å²) in [4.78, 5) is 0. The third-order valence-corrected chi connectivity index (χ3v) is 3.20. The van der Waals surface area contributed by atoms with Gasteiger partial charge in [0.2, 0.25) is 0 Å². The second-order valence-electron chi connectivity index (χ2n) is 5.11. The summed E-state index contributed by atoms with van der Waals surface area (Å²) in [6.45, 7) is 3.24. The molecule has 2 aromatic rings. The third kappa shape index (κ3) is 5.10. The zero-order valence-electron chi connectivity index (χ0n) is 12.3. The fourth-order valence-corrected chi connectivity index (χ4v) is 2.06. The van der Waals surface area contributed by atoms with E-state index in [-0.39, 0.29) is 0 Å². The smallest absolute Gasteiger partial charge is 0.0945 e. The van der Waals surface area contributed by atoms with E-state index in [1.807, 2.05) is 55.5 Å². The number of rotatable bonds is 7. The first kappa shape index (κ1) is 15.4. The lowest BCUT2D eigenvalue weighted by atomic mass is 10.2. The van der Waals surface area contributed by atoms with Crippen LogP contribution in [-0.2, 0) is 11.3 Å². The molecule has 4 heteroatoms. The van der Waals surface area contributed by atoms with Gasteiger partial charge in [-0.3, -0.25) is 0 Å². The topological polar surface area (TPSA) is 67.5 Å². The summed E-state index contributed by atoms with van der Waals surface area (Å²) in [5.41, 5.74) is 9.59. The van der Waals surface area contributed by atoms with Crippen molar-refractivity contribution >= 4 is 11.4 Å². The number of benzene rings is 2. The van der Waals surface area contributed by atoms with E-state index in [2.05, 4.69) is 5.32 Å². The molecule has 0 aliphatic heterocycles. The second-order valence-corrected chi connectivity index (χ2v) is 5.11. The quantitative estimate of drug-likeness (QED) is 0.684. The molecule has 21 heavy (non-hydrogen) atoms. The monoisotopic (exact) mass is 286 g/mol. The van der Waals surface area contributed by atoms with Gasteiger partial charge in [-0.2, -0.15) is 0 Å². The first-order valence-corrected chi connectivity index (χ1v) is 7.05. The first-order valence-electron chi connectivity index (χ1n) is 7.05. The number of hydrogen-bond donors (Lipinski definition) is 3. The number of ether oxygens (including phenoxy) is 1. The Balaban J connectivity index is 1.71. The van der Waals surface area contributed by atoms with Crippen molar-refractivity contribution in [3.63, 3.8) is 0 Å². The van der Waals surface area contributed by atoms with Gasteiger partial charge in [0.05, 0.1) is 19.3 Å². The molecule has 112 valence electrons. The molecule has 2 rings (SSSR count). The number of nitrogens with two attached hydrogens (primary N) is 1. The highest BCUT2D eigenvalue weighted by molar-refractivity contribution is 5.57. The Labute approximate surface area is 125 Å². The summed E-state index contributed by atoms with van der Waals surface area (Å²) in [7, 11) is 0. The van der Waals surface area contributed by atoms with Gasteiger partial charge in [0.15, 0.2) is 0 Å². The van der Waals surface area contributed by atoms with Crippen LogP contribution in [-0.4, -0.2) is 24.4 Å². The predicted molar refractivity (Wildman–Crippen MR) is 86.2 cm³/mol. The number of anilines is 2. The molecule has 0 fully saturated rings. The van der Waals surface area contributed by atoms with Crippen molar-refractivity contribution < 1.29 is 9.84 Å². The van der Waals surface area contributed by atoms with Gasteiger partial charge in [0, 0.05) is 17.9 Å². The van der Waals surface area contributed by atoms with Crippen molar-refractivity contribution in [1.29, 1.82) is 0 Å². The van der Waals surface area contributed by atoms with E-state index in [0.29, 0.717) is 19.8 Å². The minimum Gasteiger partial charge on any atom is -0.399 e. The Morgan fingerprint density at radius 3 is 2.67 bits per heavy atom. The number of aliphatic hydroxyl groups excluding tert-OH is 1. The summed E-state index contributed by atoms with van der Waals surface area (Å²) >= 11 is 0. The van der Waals surface area contributed by atoms with E-state index in [0.717, 1.165) is 22.5 Å². The lowest BCUT2D eigenvalue weighted by molar-refractivity contribution is 0.0348. The van der Waals surface area contributed by atoms with Crippen LogP contribution >= 0.6 is 0 Å². The second kappa shape index (κ2) is 7.67. The highest BCUT2D eigenvalue weighted by Crippen LogP contribution is 2.17. The fourth-order valence-electron chi connectivity index (χ4n) is 2.06. The zero-order valence-corrected chi connectivity index (χ0v) is 12.3. The molecule has 0 radical (unpaired) electrons. The van der Waals surface area contributed by atoms with E-state index < -0.39 is 6.10 Å². The van der Waals surface area contributed by atoms with Crippen LogP contribution in [0.5, 0.6) is 0 Å². The van der Waals surface area contributed by atoms with Gasteiger partial charge in [0.1, 0.15) is 0 Å². The third-order valence-electron chi connectivity index (χ3n) is 3.20. The van der Waals surface area contributed by atoms with Gasteiger partial charge in [-0.05, 0) is 36.2 Å². The summed E-state index contributed by atoms with van der Waals surface area (Å²) < 4.78 is 5.51. The number of nitrogen functional groups attached to an aromatic ring is 1. The maximum absolute atomic E-state index is 9.92. The molecule has 0 amide bonds. The molecular formula is C17H22N2O2. The molecule has 4 N–H and O–H groups in total. The lowest BCUT2D eigenvalue weighted by Crippen LogP contribution is -2.25. The van der Waals surface area contributed by atoms with E-state index in [1.165, 1.54) is 0 Å². The average Bonchev–Trinajstić information content (AvgIpc) is 2.47. The number of aryl methyl sites for hydroxylation is 1. The minimum absolute atomic E-state index is 0.302. The standard InChI is InChI=1S/C17H22N2O2/c1-13-9-15(18)7-8-17(13)19-10-16(20)12-21-11-14-5-3-2-4-6-14/h2-9,16,19-20H,10-12,18H2,1H3. The fraction of sp³-hybridized carbons (Fsp3) is 0.294. The molecule has 0 aliphatic rings. The Kier molecular flexibility index (Phi) is 5.60. The Bertz CT molecular complexity index is 558. The van der Waals surface area contributed by atoms with E-state index in [1.54, 1.807) is 0 Å². The van der Waals surface area contributed by atoms with Crippen molar-refractivity contribution in [3.8, 4) is 0 Å². The van der Waals surface area contributed by atoms with Gasteiger partial charge < -0.3 is 20.9 Å². The van der Waals surface area contributed by atoms with Crippen molar-refractivity contribution in [2.45, 2.75) is 19.6 Å². The Morgan fingerprint density at radius 1 is 1.19 bits per heavy atom. The average molecular weight is 286 g/mol. The first-order chi connectivity index (χ1) is 10.1. The van der Waals surface area contributed by atoms with E-state index in [9.17, 15) is 5.11 Å². The normalized spacial score (nSPS) is 12.1. The maximum atomic E-state index is 9.92. The van der Waals surface area contributed by atoms with Crippen LogP contribution < -0.4 is 11.1 Å². The molecule has 0 bridgehead atoms. The molecule has 1 atom stereocenters. The predicted octanol–water partition coefficient (Wildman–Crippen LogP) is 2.57. The summed E-state index contributed by atoms with van der Waals surface area (Å²) in [5.74, 6) is 0. The van der Waals surface area contributed by atoms with E-state index >= 15 is 0 Å². The van der Waals surface area contributed by atoms with Crippen LogP contribution in [0, 0.1) is 6.92 Å². The largest absolute Gasteiger partial charge is 0.399 e. The Hall–Kier alpha value is -2.04. The maximum Gasteiger partial charge on any atom is 0.0945 e. The van der Waals surface area contributed by atoms with Crippen molar-refractivity contribution in [3.05, 3.63) is 59.7 Å². The number of nitrogens with one attached hydrogen (secondary N) is 1. The van der Waals surface area contributed by atoms with Gasteiger partial charge in [-0.25, -0.2) is 0 Å². The molecule has 0 spiro atoms. The van der Waals surface area contributed by atoms with Crippen molar-refractivity contribution in [1.82, 2.24) is 0 Å². The highest BCUT2D eigenvalue weighted by Gasteiger charge is 2.06. The zero-order chi connectivity index (χ0) is 15.1. The van der Waals surface area contributed by atoms with Crippen LogP contribution in [0.3, 0.4) is 0 Å². The number of aliphatic hydroxyl groups is 1. The highest BCUT2D eigenvalue weighted by atomic mass is 16.5. The van der Waals surface area contributed by atoms with Crippen LogP contribution in [0.2, 0.25) is 0 Å². The van der Waals surface area contributed by atoms with Crippen molar-refractivity contribution in [2.24, 2.45) is 0 Å². The van der Waals surface area contributed by atoms with Crippen LogP contribution in [0.1, 0.15) is 11.1 Å². The summed E-state index contributed by atoms with van der Waals surface area (Å²) in [5, 5.41) is 13.1. The molecule has 0 saturated heterocycles. The van der Waals surface area contributed by atoms with Gasteiger partial charge in [0.25, 0.3) is 0 Å². The molecule has 0 heterocycles.